The van der Waals surface area contributed by atoms with Crippen LogP contribution in [0.15, 0.2) is 46.9 Å². The number of nitrogens with one attached hydrogen (secondary N) is 1. The molecule has 0 saturated heterocycles. The predicted molar refractivity (Wildman–Crippen MR) is 117 cm³/mol. The monoisotopic (exact) mass is 414 g/mol. The fourth-order valence-electron chi connectivity index (χ4n) is 3.01. The number of anilines is 1. The lowest BCUT2D eigenvalue weighted by Gasteiger charge is -2.22. The lowest BCUT2D eigenvalue weighted by molar-refractivity contribution is -0.113. The molecule has 3 aromatic rings. The van der Waals surface area contributed by atoms with Gasteiger partial charge < -0.3 is 9.88 Å². The third-order valence-corrected chi connectivity index (χ3v) is 6.21. The molecule has 0 unspecified atom stereocenters. The van der Waals surface area contributed by atoms with Crippen molar-refractivity contribution in [2.45, 2.75) is 51.2 Å². The zero-order valence-electron chi connectivity index (χ0n) is 16.7. The maximum Gasteiger partial charge on any atom is 0.234 e. The molecule has 0 fully saturated rings. The van der Waals surface area contributed by atoms with Crippen LogP contribution in [0.25, 0.3) is 0 Å². The number of para-hydroxylation sites is 1. The quantitative estimate of drug-likeness (QED) is 0.554. The number of hydrogen-bond acceptors (Lipinski definition) is 5. The molecule has 0 bridgehead atoms. The van der Waals surface area contributed by atoms with Gasteiger partial charge in [-0.1, -0.05) is 56.8 Å². The number of rotatable bonds is 7. The van der Waals surface area contributed by atoms with Crippen molar-refractivity contribution in [3.05, 3.63) is 58.0 Å². The van der Waals surface area contributed by atoms with E-state index in [1.807, 2.05) is 24.3 Å². The Hall–Kier alpha value is -2.12. The molecule has 148 valence electrons. The van der Waals surface area contributed by atoms with Crippen molar-refractivity contribution in [2.75, 3.05) is 11.1 Å². The fraction of sp³-hybridized carbons (Fsp3) is 0.381. The summed E-state index contributed by atoms with van der Waals surface area (Å²) in [6, 6.07) is 12.1. The van der Waals surface area contributed by atoms with Gasteiger partial charge in [-0.3, -0.25) is 4.79 Å². The van der Waals surface area contributed by atoms with Crippen LogP contribution in [0, 0.1) is 0 Å². The summed E-state index contributed by atoms with van der Waals surface area (Å²) in [5.41, 5.74) is 1.97. The van der Waals surface area contributed by atoms with Crippen molar-refractivity contribution in [3.8, 4) is 0 Å². The van der Waals surface area contributed by atoms with Crippen LogP contribution in [0.2, 0.25) is 0 Å². The number of thiophene rings is 1. The first-order valence-electron chi connectivity index (χ1n) is 9.35. The van der Waals surface area contributed by atoms with E-state index >= 15 is 0 Å². The molecule has 1 amide bonds. The number of carbonyl (C=O) groups excluding carboxylic acids is 1. The summed E-state index contributed by atoms with van der Waals surface area (Å²) in [7, 11) is 0. The van der Waals surface area contributed by atoms with Gasteiger partial charge in [0.2, 0.25) is 5.91 Å². The second-order valence-electron chi connectivity index (χ2n) is 7.53. The molecule has 0 atom stereocenters. The summed E-state index contributed by atoms with van der Waals surface area (Å²) >= 11 is 3.14. The second kappa shape index (κ2) is 8.92. The number of aromatic nitrogens is 3. The fourth-order valence-corrected chi connectivity index (χ4v) is 4.53. The van der Waals surface area contributed by atoms with E-state index in [-0.39, 0.29) is 11.3 Å². The van der Waals surface area contributed by atoms with E-state index in [9.17, 15) is 4.79 Å². The van der Waals surface area contributed by atoms with Gasteiger partial charge in [0.25, 0.3) is 0 Å². The summed E-state index contributed by atoms with van der Waals surface area (Å²) < 4.78 is 2.08. The number of nitrogens with zero attached hydrogens (tertiary/aromatic N) is 3. The third kappa shape index (κ3) is 5.02. The maximum atomic E-state index is 12.5. The molecule has 1 N–H and O–H groups in total. The SMILES string of the molecule is CCn1c(Cc2cccs2)nnc1SCC(=O)Nc1ccccc1C(C)(C)C. The molecular weight excluding hydrogens is 388 g/mol. The minimum absolute atomic E-state index is 0.0317. The molecule has 7 heteroatoms. The van der Waals surface area contributed by atoms with Crippen molar-refractivity contribution in [1.29, 1.82) is 0 Å². The van der Waals surface area contributed by atoms with Crippen molar-refractivity contribution in [3.63, 3.8) is 0 Å². The molecule has 5 nitrogen and oxygen atoms in total. The van der Waals surface area contributed by atoms with Crippen molar-refractivity contribution in [2.24, 2.45) is 0 Å². The van der Waals surface area contributed by atoms with E-state index in [4.69, 9.17) is 0 Å². The molecule has 0 radical (unpaired) electrons. The Balaban J connectivity index is 1.65. The summed E-state index contributed by atoms with van der Waals surface area (Å²) in [4.78, 5) is 13.8. The number of hydrogen-bond donors (Lipinski definition) is 1. The summed E-state index contributed by atoms with van der Waals surface area (Å²) in [5, 5.41) is 14.5. The van der Waals surface area contributed by atoms with Gasteiger partial charge in [-0.25, -0.2) is 0 Å². The van der Waals surface area contributed by atoms with Crippen LogP contribution in [0.3, 0.4) is 0 Å². The average molecular weight is 415 g/mol. The van der Waals surface area contributed by atoms with Crippen LogP contribution in [-0.2, 0) is 23.2 Å². The first-order chi connectivity index (χ1) is 13.4. The molecular formula is C21H26N4OS2. The van der Waals surface area contributed by atoms with E-state index in [0.29, 0.717) is 5.75 Å². The standard InChI is InChI=1S/C21H26N4OS2/c1-5-25-18(13-15-9-8-12-27-15)23-24-20(25)28-14-19(26)22-17-11-7-6-10-16(17)21(2,3)4/h6-12H,5,13-14H2,1-4H3,(H,22,26). The Morgan fingerprint density at radius 3 is 2.64 bits per heavy atom. The molecule has 2 aromatic heterocycles. The summed E-state index contributed by atoms with van der Waals surface area (Å²) in [5.74, 6) is 1.20. The van der Waals surface area contributed by atoms with Crippen LogP contribution in [0.4, 0.5) is 5.69 Å². The van der Waals surface area contributed by atoms with Gasteiger partial charge in [0.05, 0.1) is 5.75 Å². The Morgan fingerprint density at radius 2 is 1.96 bits per heavy atom. The lowest BCUT2D eigenvalue weighted by atomic mass is 9.86. The summed E-state index contributed by atoms with van der Waals surface area (Å²) in [6.07, 6.45) is 0.768. The average Bonchev–Trinajstić information content (AvgIpc) is 3.29. The number of thioether (sulfide) groups is 1. The van der Waals surface area contributed by atoms with E-state index in [1.165, 1.54) is 16.6 Å². The molecule has 0 aliphatic heterocycles. The number of amides is 1. The van der Waals surface area contributed by atoms with E-state index in [2.05, 4.69) is 65.3 Å². The number of carbonyl (C=O) groups is 1. The molecule has 0 saturated carbocycles. The Labute approximate surface area is 174 Å². The minimum Gasteiger partial charge on any atom is -0.325 e. The van der Waals surface area contributed by atoms with E-state index < -0.39 is 0 Å². The number of benzene rings is 1. The molecule has 0 aliphatic carbocycles. The zero-order chi connectivity index (χ0) is 20.1. The minimum atomic E-state index is -0.0350. The Kier molecular flexibility index (Phi) is 6.57. The Morgan fingerprint density at radius 1 is 1.18 bits per heavy atom. The third-order valence-electron chi connectivity index (χ3n) is 4.36. The van der Waals surface area contributed by atoms with Crippen molar-refractivity contribution in [1.82, 2.24) is 14.8 Å². The van der Waals surface area contributed by atoms with Crippen LogP contribution in [0.1, 0.15) is 44.0 Å². The highest BCUT2D eigenvalue weighted by molar-refractivity contribution is 7.99. The van der Waals surface area contributed by atoms with Crippen LogP contribution < -0.4 is 5.32 Å². The first kappa shape index (κ1) is 20.6. The van der Waals surface area contributed by atoms with Crippen molar-refractivity contribution >= 4 is 34.7 Å². The van der Waals surface area contributed by atoms with E-state index in [1.54, 1.807) is 11.3 Å². The second-order valence-corrected chi connectivity index (χ2v) is 9.51. The predicted octanol–water partition coefficient (Wildman–Crippen LogP) is 4.98. The Bertz CT molecular complexity index is 926. The topological polar surface area (TPSA) is 59.8 Å². The molecule has 0 spiro atoms. The zero-order valence-corrected chi connectivity index (χ0v) is 18.4. The van der Waals surface area contributed by atoms with E-state index in [0.717, 1.165) is 35.2 Å². The molecule has 1 aromatic carbocycles. The van der Waals surface area contributed by atoms with Gasteiger partial charge in [0, 0.05) is 23.5 Å². The van der Waals surface area contributed by atoms with Gasteiger partial charge in [-0.05, 0) is 35.4 Å². The summed E-state index contributed by atoms with van der Waals surface area (Å²) in [6.45, 7) is 9.29. The van der Waals surface area contributed by atoms with Gasteiger partial charge in [0.1, 0.15) is 5.82 Å². The van der Waals surface area contributed by atoms with Crippen molar-refractivity contribution < 1.29 is 4.79 Å². The lowest BCUT2D eigenvalue weighted by Crippen LogP contribution is -2.20. The van der Waals surface area contributed by atoms with Gasteiger partial charge in [0.15, 0.2) is 5.16 Å². The molecule has 2 heterocycles. The molecule has 3 rings (SSSR count). The first-order valence-corrected chi connectivity index (χ1v) is 11.2. The van der Waals surface area contributed by atoms with Crippen LogP contribution in [-0.4, -0.2) is 26.4 Å². The normalized spacial score (nSPS) is 11.6. The highest BCUT2D eigenvalue weighted by atomic mass is 32.2. The smallest absolute Gasteiger partial charge is 0.234 e. The van der Waals surface area contributed by atoms with Gasteiger partial charge in [-0.2, -0.15) is 0 Å². The highest BCUT2D eigenvalue weighted by Crippen LogP contribution is 2.29. The molecule has 28 heavy (non-hydrogen) atoms. The maximum absolute atomic E-state index is 12.5. The highest BCUT2D eigenvalue weighted by Gasteiger charge is 2.19. The van der Waals surface area contributed by atoms with Crippen LogP contribution in [0.5, 0.6) is 0 Å². The van der Waals surface area contributed by atoms with Gasteiger partial charge >= 0.3 is 0 Å². The largest absolute Gasteiger partial charge is 0.325 e. The molecule has 0 aliphatic rings. The van der Waals surface area contributed by atoms with Crippen LogP contribution >= 0.6 is 23.1 Å². The van der Waals surface area contributed by atoms with Gasteiger partial charge in [-0.15, -0.1) is 21.5 Å².